The first-order valence-electron chi connectivity index (χ1n) is 5.82. The first kappa shape index (κ1) is 14.9. The van der Waals surface area contributed by atoms with E-state index < -0.39 is 21.7 Å². The summed E-state index contributed by atoms with van der Waals surface area (Å²) in [5.74, 6) is -1.28. The Balaban J connectivity index is 2.40. The monoisotopic (exact) mass is 308 g/mol. The number of benzene rings is 2. The van der Waals surface area contributed by atoms with Crippen LogP contribution in [0.4, 0.5) is 14.5 Å². The summed E-state index contributed by atoms with van der Waals surface area (Å²) in [5, 5.41) is 8.72. The van der Waals surface area contributed by atoms with Crippen LogP contribution < -0.4 is 4.72 Å². The fraction of sp³-hybridized carbons (Fsp3) is 0.0714. The first-order valence-corrected chi connectivity index (χ1v) is 7.30. The normalized spacial score (nSPS) is 11.0. The Bertz CT molecular complexity index is 843. The molecule has 0 fully saturated rings. The molecule has 0 amide bonds. The largest absolute Gasteiger partial charge is 0.280 e. The van der Waals surface area contributed by atoms with E-state index in [4.69, 9.17) is 5.26 Å². The SMILES string of the molecule is Cc1cc(F)ccc1S(=O)(=O)Nc1ccc(F)c(C#N)c1. The van der Waals surface area contributed by atoms with Crippen LogP contribution in [0.3, 0.4) is 0 Å². The van der Waals surface area contributed by atoms with Crippen molar-refractivity contribution in [3.05, 3.63) is 59.2 Å². The quantitative estimate of drug-likeness (QED) is 0.947. The summed E-state index contributed by atoms with van der Waals surface area (Å²) < 4.78 is 52.9. The van der Waals surface area contributed by atoms with Crippen LogP contribution in [0, 0.1) is 29.9 Å². The minimum absolute atomic E-state index is 0.0525. The Morgan fingerprint density at radius 1 is 1.14 bits per heavy atom. The van der Waals surface area contributed by atoms with Gasteiger partial charge in [-0.3, -0.25) is 4.72 Å². The van der Waals surface area contributed by atoms with Crippen LogP contribution in [0.15, 0.2) is 41.3 Å². The standard InChI is InChI=1S/C14H10F2N2O2S/c1-9-6-11(15)2-5-14(9)21(19,20)18-12-3-4-13(16)10(7-12)8-17/h2-7,18H,1H3. The molecule has 0 spiro atoms. The highest BCUT2D eigenvalue weighted by molar-refractivity contribution is 7.92. The number of hydrogen-bond acceptors (Lipinski definition) is 3. The summed E-state index contributed by atoms with van der Waals surface area (Å²) in [5.41, 5.74) is 0.0211. The van der Waals surface area contributed by atoms with Gasteiger partial charge in [-0.05, 0) is 48.9 Å². The molecule has 0 radical (unpaired) electrons. The third-order valence-corrected chi connectivity index (χ3v) is 4.31. The number of hydrogen-bond donors (Lipinski definition) is 1. The lowest BCUT2D eigenvalue weighted by Crippen LogP contribution is -2.14. The summed E-state index contributed by atoms with van der Waals surface area (Å²) in [4.78, 5) is -0.0910. The molecule has 0 aromatic heterocycles. The van der Waals surface area contributed by atoms with Crippen LogP contribution in [-0.2, 0) is 10.0 Å². The van der Waals surface area contributed by atoms with Crippen molar-refractivity contribution in [3.63, 3.8) is 0 Å². The Kier molecular flexibility index (Phi) is 3.91. The molecule has 0 saturated carbocycles. The Labute approximate surface area is 120 Å². The average Bonchev–Trinajstić information content (AvgIpc) is 2.40. The lowest BCUT2D eigenvalue weighted by atomic mass is 10.2. The molecular weight excluding hydrogens is 298 g/mol. The van der Waals surface area contributed by atoms with Crippen LogP contribution in [0.1, 0.15) is 11.1 Å². The maximum atomic E-state index is 13.2. The molecule has 0 saturated heterocycles. The zero-order valence-corrected chi connectivity index (χ0v) is 11.7. The summed E-state index contributed by atoms with van der Waals surface area (Å²) >= 11 is 0. The van der Waals surface area contributed by atoms with Crippen molar-refractivity contribution >= 4 is 15.7 Å². The van der Waals surface area contributed by atoms with E-state index in [-0.39, 0.29) is 21.7 Å². The molecule has 7 heteroatoms. The van der Waals surface area contributed by atoms with Crippen molar-refractivity contribution in [2.45, 2.75) is 11.8 Å². The molecule has 0 unspecified atom stereocenters. The zero-order valence-electron chi connectivity index (χ0n) is 10.9. The molecule has 0 heterocycles. The predicted molar refractivity (Wildman–Crippen MR) is 73.1 cm³/mol. The van der Waals surface area contributed by atoms with Gasteiger partial charge in [0.05, 0.1) is 16.1 Å². The third-order valence-electron chi connectivity index (χ3n) is 2.77. The van der Waals surface area contributed by atoms with Crippen LogP contribution in [0.25, 0.3) is 0 Å². The van der Waals surface area contributed by atoms with Crippen molar-refractivity contribution < 1.29 is 17.2 Å². The number of nitrogens with one attached hydrogen (secondary N) is 1. The maximum Gasteiger partial charge on any atom is 0.262 e. The van der Waals surface area contributed by atoms with Gasteiger partial charge in [0.25, 0.3) is 10.0 Å². The van der Waals surface area contributed by atoms with E-state index >= 15 is 0 Å². The third kappa shape index (κ3) is 3.17. The van der Waals surface area contributed by atoms with E-state index in [2.05, 4.69) is 4.72 Å². The summed E-state index contributed by atoms with van der Waals surface area (Å²) in [6.07, 6.45) is 0. The first-order chi connectivity index (χ1) is 9.83. The lowest BCUT2D eigenvalue weighted by molar-refractivity contribution is 0.598. The number of nitriles is 1. The van der Waals surface area contributed by atoms with Crippen LogP contribution in [0.2, 0.25) is 0 Å². The van der Waals surface area contributed by atoms with Crippen molar-refractivity contribution in [1.82, 2.24) is 0 Å². The molecule has 0 atom stereocenters. The van der Waals surface area contributed by atoms with E-state index in [0.29, 0.717) is 0 Å². The molecule has 108 valence electrons. The Hall–Kier alpha value is -2.46. The fourth-order valence-electron chi connectivity index (χ4n) is 1.80. The van der Waals surface area contributed by atoms with Gasteiger partial charge in [0, 0.05) is 0 Å². The van der Waals surface area contributed by atoms with Crippen LogP contribution >= 0.6 is 0 Å². The molecule has 1 N–H and O–H groups in total. The number of anilines is 1. The highest BCUT2D eigenvalue weighted by atomic mass is 32.2. The van der Waals surface area contributed by atoms with Crippen molar-refractivity contribution in [1.29, 1.82) is 5.26 Å². The van der Waals surface area contributed by atoms with Crippen LogP contribution in [-0.4, -0.2) is 8.42 Å². The minimum Gasteiger partial charge on any atom is -0.280 e. The fourth-order valence-corrected chi connectivity index (χ4v) is 3.08. The van der Waals surface area contributed by atoms with E-state index in [1.807, 2.05) is 0 Å². The van der Waals surface area contributed by atoms with Crippen LogP contribution in [0.5, 0.6) is 0 Å². The number of rotatable bonds is 3. The number of aryl methyl sites for hydroxylation is 1. The van der Waals surface area contributed by atoms with Gasteiger partial charge in [-0.1, -0.05) is 0 Å². The van der Waals surface area contributed by atoms with Gasteiger partial charge in [-0.2, -0.15) is 5.26 Å². The molecule has 4 nitrogen and oxygen atoms in total. The molecule has 2 rings (SSSR count). The summed E-state index contributed by atoms with van der Waals surface area (Å²) in [6.45, 7) is 1.46. The second kappa shape index (κ2) is 5.50. The maximum absolute atomic E-state index is 13.2. The highest BCUT2D eigenvalue weighted by Gasteiger charge is 2.18. The smallest absolute Gasteiger partial charge is 0.262 e. The van der Waals surface area contributed by atoms with Gasteiger partial charge < -0.3 is 0 Å². The molecule has 0 bridgehead atoms. The number of halogens is 2. The van der Waals surface area contributed by atoms with E-state index in [1.54, 1.807) is 6.07 Å². The molecule has 0 aliphatic rings. The molecule has 0 aliphatic heterocycles. The minimum atomic E-state index is -3.95. The molecule has 0 aliphatic carbocycles. The summed E-state index contributed by atoms with van der Waals surface area (Å²) in [7, 11) is -3.95. The van der Waals surface area contributed by atoms with E-state index in [1.165, 1.54) is 13.0 Å². The average molecular weight is 308 g/mol. The summed E-state index contributed by atoms with van der Waals surface area (Å²) in [6, 6.07) is 8.18. The van der Waals surface area contributed by atoms with Gasteiger partial charge in [-0.25, -0.2) is 17.2 Å². The second-order valence-electron chi connectivity index (χ2n) is 4.32. The van der Waals surface area contributed by atoms with Gasteiger partial charge in [0.1, 0.15) is 17.7 Å². The number of sulfonamides is 1. The predicted octanol–water partition coefficient (Wildman–Crippen LogP) is 2.95. The Morgan fingerprint density at radius 3 is 2.48 bits per heavy atom. The van der Waals surface area contributed by atoms with Crippen molar-refractivity contribution in [2.75, 3.05) is 4.72 Å². The molecule has 2 aromatic rings. The topological polar surface area (TPSA) is 70.0 Å². The Morgan fingerprint density at radius 2 is 1.86 bits per heavy atom. The molecule has 21 heavy (non-hydrogen) atoms. The van der Waals surface area contributed by atoms with E-state index in [9.17, 15) is 17.2 Å². The van der Waals surface area contributed by atoms with Gasteiger partial charge in [0.2, 0.25) is 0 Å². The highest BCUT2D eigenvalue weighted by Crippen LogP contribution is 2.21. The van der Waals surface area contributed by atoms with Crippen molar-refractivity contribution in [3.8, 4) is 6.07 Å². The van der Waals surface area contributed by atoms with Gasteiger partial charge in [0.15, 0.2) is 0 Å². The number of nitrogens with zero attached hydrogens (tertiary/aromatic N) is 1. The van der Waals surface area contributed by atoms with Gasteiger partial charge >= 0.3 is 0 Å². The second-order valence-corrected chi connectivity index (χ2v) is 5.97. The van der Waals surface area contributed by atoms with Crippen molar-refractivity contribution in [2.24, 2.45) is 0 Å². The lowest BCUT2D eigenvalue weighted by Gasteiger charge is -2.10. The molecular formula is C14H10F2N2O2S. The van der Waals surface area contributed by atoms with E-state index in [0.717, 1.165) is 30.3 Å². The molecule has 2 aromatic carbocycles. The zero-order chi connectivity index (χ0) is 15.6. The van der Waals surface area contributed by atoms with Gasteiger partial charge in [-0.15, -0.1) is 0 Å².